The van der Waals surface area contributed by atoms with Crippen molar-refractivity contribution < 1.29 is 0 Å². The van der Waals surface area contributed by atoms with E-state index in [1.165, 1.54) is 49.7 Å². The molecule has 1 fully saturated rings. The highest BCUT2D eigenvalue weighted by molar-refractivity contribution is 8.00. The SMILES string of the molecule is CC1CCCC(SC2CCc3ccccc3C2N)C1. The summed E-state index contributed by atoms with van der Waals surface area (Å²) in [4.78, 5) is 0. The van der Waals surface area contributed by atoms with E-state index in [4.69, 9.17) is 5.73 Å². The van der Waals surface area contributed by atoms with Crippen LogP contribution in [0, 0.1) is 5.92 Å². The van der Waals surface area contributed by atoms with Crippen LogP contribution in [-0.4, -0.2) is 10.5 Å². The Hall–Kier alpha value is -0.470. The minimum Gasteiger partial charge on any atom is -0.323 e. The molecule has 3 rings (SSSR count). The van der Waals surface area contributed by atoms with Crippen molar-refractivity contribution in [2.24, 2.45) is 11.7 Å². The molecule has 1 saturated carbocycles. The third-order valence-electron chi connectivity index (χ3n) is 4.77. The van der Waals surface area contributed by atoms with Gasteiger partial charge < -0.3 is 5.73 Å². The lowest BCUT2D eigenvalue weighted by atomic mass is 9.88. The van der Waals surface area contributed by atoms with E-state index >= 15 is 0 Å². The largest absolute Gasteiger partial charge is 0.323 e. The van der Waals surface area contributed by atoms with E-state index in [-0.39, 0.29) is 6.04 Å². The Labute approximate surface area is 121 Å². The fraction of sp³-hybridized carbons (Fsp3) is 0.647. The lowest BCUT2D eigenvalue weighted by molar-refractivity contribution is 0.392. The van der Waals surface area contributed by atoms with Crippen LogP contribution in [0.1, 0.15) is 56.2 Å². The van der Waals surface area contributed by atoms with Crippen molar-refractivity contribution in [3.05, 3.63) is 35.4 Å². The first-order chi connectivity index (χ1) is 9.24. The molecule has 0 heterocycles. The Morgan fingerprint density at radius 3 is 2.84 bits per heavy atom. The molecule has 1 aromatic rings. The van der Waals surface area contributed by atoms with Crippen LogP contribution in [0.5, 0.6) is 0 Å². The van der Waals surface area contributed by atoms with E-state index in [1.807, 2.05) is 0 Å². The van der Waals surface area contributed by atoms with Gasteiger partial charge in [0.05, 0.1) is 0 Å². The summed E-state index contributed by atoms with van der Waals surface area (Å²) in [7, 11) is 0. The first-order valence-electron chi connectivity index (χ1n) is 7.73. The van der Waals surface area contributed by atoms with Crippen LogP contribution in [-0.2, 0) is 6.42 Å². The Kier molecular flexibility index (Phi) is 4.18. The number of nitrogens with two attached hydrogens (primary N) is 1. The average molecular weight is 275 g/mol. The molecule has 19 heavy (non-hydrogen) atoms. The van der Waals surface area contributed by atoms with E-state index < -0.39 is 0 Å². The summed E-state index contributed by atoms with van der Waals surface area (Å²) in [5.74, 6) is 0.915. The van der Waals surface area contributed by atoms with Gasteiger partial charge in [0, 0.05) is 16.5 Å². The average Bonchev–Trinajstić information content (AvgIpc) is 2.42. The van der Waals surface area contributed by atoms with Crippen LogP contribution in [0.15, 0.2) is 24.3 Å². The summed E-state index contributed by atoms with van der Waals surface area (Å²) in [6.07, 6.45) is 8.11. The molecule has 0 radical (unpaired) electrons. The quantitative estimate of drug-likeness (QED) is 0.870. The topological polar surface area (TPSA) is 26.0 Å². The summed E-state index contributed by atoms with van der Waals surface area (Å²) < 4.78 is 0. The first-order valence-corrected chi connectivity index (χ1v) is 8.67. The van der Waals surface area contributed by atoms with Crippen molar-refractivity contribution in [3.8, 4) is 0 Å². The second kappa shape index (κ2) is 5.88. The molecule has 1 nitrogen and oxygen atoms in total. The molecule has 0 aromatic heterocycles. The number of hydrogen-bond donors (Lipinski definition) is 1. The van der Waals surface area contributed by atoms with Gasteiger partial charge in [-0.25, -0.2) is 0 Å². The van der Waals surface area contributed by atoms with Crippen molar-refractivity contribution >= 4 is 11.8 Å². The zero-order valence-corrected chi connectivity index (χ0v) is 12.7. The van der Waals surface area contributed by atoms with Gasteiger partial charge >= 0.3 is 0 Å². The van der Waals surface area contributed by atoms with Gasteiger partial charge in [0.1, 0.15) is 0 Å². The molecule has 0 saturated heterocycles. The molecule has 1 aromatic carbocycles. The number of benzene rings is 1. The van der Waals surface area contributed by atoms with Crippen LogP contribution in [0.25, 0.3) is 0 Å². The molecule has 4 atom stereocenters. The van der Waals surface area contributed by atoms with Crippen LogP contribution >= 0.6 is 11.8 Å². The minimum absolute atomic E-state index is 0.243. The summed E-state index contributed by atoms with van der Waals surface area (Å²) in [6, 6.07) is 9.00. The van der Waals surface area contributed by atoms with E-state index in [2.05, 4.69) is 43.0 Å². The van der Waals surface area contributed by atoms with Gasteiger partial charge in [0.25, 0.3) is 0 Å². The van der Waals surface area contributed by atoms with Crippen molar-refractivity contribution in [2.45, 2.75) is 62.0 Å². The molecule has 2 heteroatoms. The second-order valence-corrected chi connectivity index (χ2v) is 7.88. The fourth-order valence-corrected chi connectivity index (χ4v) is 5.47. The second-order valence-electron chi connectivity index (χ2n) is 6.33. The first kappa shape index (κ1) is 13.5. The molecule has 4 unspecified atom stereocenters. The number of hydrogen-bond acceptors (Lipinski definition) is 2. The van der Waals surface area contributed by atoms with E-state index in [9.17, 15) is 0 Å². The summed E-state index contributed by atoms with van der Waals surface area (Å²) in [5, 5.41) is 1.48. The van der Waals surface area contributed by atoms with Gasteiger partial charge in [0.15, 0.2) is 0 Å². The number of rotatable bonds is 2. The molecular formula is C17H25NS. The van der Waals surface area contributed by atoms with Gasteiger partial charge in [-0.15, -0.1) is 0 Å². The normalized spacial score (nSPS) is 34.8. The predicted molar refractivity (Wildman–Crippen MR) is 84.5 cm³/mol. The molecule has 0 spiro atoms. The highest BCUT2D eigenvalue weighted by Gasteiger charge is 2.30. The van der Waals surface area contributed by atoms with Crippen LogP contribution < -0.4 is 5.73 Å². The molecule has 2 aliphatic rings. The van der Waals surface area contributed by atoms with Crippen molar-refractivity contribution in [1.29, 1.82) is 0 Å². The lowest BCUT2D eigenvalue weighted by Crippen LogP contribution is -2.31. The van der Waals surface area contributed by atoms with Crippen molar-refractivity contribution in [2.75, 3.05) is 0 Å². The Morgan fingerprint density at radius 2 is 2.00 bits per heavy atom. The Bertz CT molecular complexity index is 431. The van der Waals surface area contributed by atoms with Gasteiger partial charge in [-0.2, -0.15) is 11.8 Å². The van der Waals surface area contributed by atoms with Gasteiger partial charge in [0.2, 0.25) is 0 Å². The highest BCUT2D eigenvalue weighted by Crippen LogP contribution is 2.41. The maximum atomic E-state index is 6.52. The Morgan fingerprint density at radius 1 is 1.16 bits per heavy atom. The summed E-state index contributed by atoms with van der Waals surface area (Å²) >= 11 is 2.19. The molecule has 2 N–H and O–H groups in total. The van der Waals surface area contributed by atoms with Gasteiger partial charge in [-0.3, -0.25) is 0 Å². The van der Waals surface area contributed by atoms with E-state index in [1.54, 1.807) is 0 Å². The minimum atomic E-state index is 0.243. The monoisotopic (exact) mass is 275 g/mol. The predicted octanol–water partition coefficient (Wildman–Crippen LogP) is 4.31. The zero-order valence-electron chi connectivity index (χ0n) is 11.8. The number of aryl methyl sites for hydroxylation is 1. The molecular weight excluding hydrogens is 250 g/mol. The third-order valence-corrected chi connectivity index (χ3v) is 6.46. The van der Waals surface area contributed by atoms with Crippen LogP contribution in [0.2, 0.25) is 0 Å². The molecule has 0 aliphatic heterocycles. The third kappa shape index (κ3) is 3.00. The fourth-order valence-electron chi connectivity index (χ4n) is 3.67. The number of fused-ring (bicyclic) bond motifs is 1. The Balaban J connectivity index is 1.67. The molecule has 104 valence electrons. The van der Waals surface area contributed by atoms with Gasteiger partial charge in [-0.1, -0.05) is 44.0 Å². The molecule has 2 aliphatic carbocycles. The van der Waals surface area contributed by atoms with Crippen molar-refractivity contribution in [1.82, 2.24) is 0 Å². The van der Waals surface area contributed by atoms with Gasteiger partial charge in [-0.05, 0) is 42.7 Å². The molecule has 0 amide bonds. The smallest absolute Gasteiger partial charge is 0.0418 e. The van der Waals surface area contributed by atoms with E-state index in [0.717, 1.165) is 11.2 Å². The van der Waals surface area contributed by atoms with Crippen molar-refractivity contribution in [3.63, 3.8) is 0 Å². The standard InChI is InChI=1S/C17H25NS/c1-12-5-4-7-14(11-12)19-16-10-9-13-6-2-3-8-15(13)17(16)18/h2-3,6,8,12,14,16-17H,4-5,7,9-11,18H2,1H3. The maximum absolute atomic E-state index is 6.52. The zero-order chi connectivity index (χ0) is 13.2. The summed E-state index contributed by atoms with van der Waals surface area (Å²) in [5.41, 5.74) is 9.40. The van der Waals surface area contributed by atoms with E-state index in [0.29, 0.717) is 5.25 Å². The van der Waals surface area contributed by atoms with Crippen LogP contribution in [0.4, 0.5) is 0 Å². The highest BCUT2D eigenvalue weighted by atomic mass is 32.2. The molecule has 0 bridgehead atoms. The maximum Gasteiger partial charge on any atom is 0.0418 e. The summed E-state index contributed by atoms with van der Waals surface area (Å²) in [6.45, 7) is 2.41. The number of thioether (sulfide) groups is 1. The lowest BCUT2D eigenvalue weighted by Gasteiger charge is -2.35. The van der Waals surface area contributed by atoms with Crippen LogP contribution in [0.3, 0.4) is 0 Å².